The van der Waals surface area contributed by atoms with Gasteiger partial charge in [-0.1, -0.05) is 32.6 Å². The molecule has 0 saturated carbocycles. The number of aromatic nitrogens is 2. The minimum Gasteiger partial charge on any atom is -0.481 e. The van der Waals surface area contributed by atoms with Gasteiger partial charge >= 0.3 is 5.97 Å². The zero-order valence-electron chi connectivity index (χ0n) is 13.0. The Labute approximate surface area is 122 Å². The lowest BCUT2D eigenvalue weighted by molar-refractivity contribution is -0.704. The number of rotatable bonds is 11. The number of imidazole rings is 1. The van der Waals surface area contributed by atoms with Gasteiger partial charge in [0.25, 0.3) is 5.82 Å². The van der Waals surface area contributed by atoms with E-state index in [9.17, 15) is 4.79 Å². The third-order valence-corrected chi connectivity index (χ3v) is 3.72. The standard InChI is InChI=1S/C16H28N2O2/c1-3-5-6-7-8-10-15-17(4-2)13-14-18(15)12-9-11-16(19)20/h13-14H,3-12H2,1-2H3/p+1. The van der Waals surface area contributed by atoms with Gasteiger partial charge in [0, 0.05) is 12.8 Å². The molecule has 0 aliphatic rings. The summed E-state index contributed by atoms with van der Waals surface area (Å²) >= 11 is 0. The summed E-state index contributed by atoms with van der Waals surface area (Å²) in [6.45, 7) is 6.18. The smallest absolute Gasteiger partial charge is 0.303 e. The number of hydrogen-bond acceptors (Lipinski definition) is 1. The molecule has 0 aromatic carbocycles. The Morgan fingerprint density at radius 3 is 2.60 bits per heavy atom. The fourth-order valence-corrected chi connectivity index (χ4v) is 2.56. The number of carboxylic acids is 1. The first-order valence-corrected chi connectivity index (χ1v) is 7.98. The molecule has 1 N–H and O–H groups in total. The Kier molecular flexibility index (Phi) is 8.00. The van der Waals surface area contributed by atoms with E-state index < -0.39 is 5.97 Å². The maximum absolute atomic E-state index is 10.6. The molecule has 0 aliphatic heterocycles. The van der Waals surface area contributed by atoms with Crippen LogP contribution < -0.4 is 4.57 Å². The molecule has 1 aromatic heterocycles. The van der Waals surface area contributed by atoms with Crippen molar-refractivity contribution in [3.05, 3.63) is 18.2 Å². The highest BCUT2D eigenvalue weighted by Crippen LogP contribution is 2.07. The van der Waals surface area contributed by atoms with Crippen molar-refractivity contribution in [2.45, 2.75) is 78.3 Å². The number of hydrogen-bond donors (Lipinski definition) is 1. The Morgan fingerprint density at radius 1 is 1.20 bits per heavy atom. The van der Waals surface area contributed by atoms with Crippen LogP contribution in [0.5, 0.6) is 0 Å². The van der Waals surface area contributed by atoms with E-state index in [1.54, 1.807) is 0 Å². The first-order valence-electron chi connectivity index (χ1n) is 7.98. The summed E-state index contributed by atoms with van der Waals surface area (Å²) in [5.74, 6) is 0.635. The average molecular weight is 281 g/mol. The highest BCUT2D eigenvalue weighted by atomic mass is 16.4. The van der Waals surface area contributed by atoms with Crippen LogP contribution in [0.3, 0.4) is 0 Å². The number of unbranched alkanes of at least 4 members (excludes halogenated alkanes) is 4. The number of carbonyl (C=O) groups is 1. The summed E-state index contributed by atoms with van der Waals surface area (Å²) < 4.78 is 4.51. The summed E-state index contributed by atoms with van der Waals surface area (Å²) in [5.41, 5.74) is 0. The fourth-order valence-electron chi connectivity index (χ4n) is 2.56. The molecule has 0 atom stereocenters. The number of aryl methyl sites for hydroxylation is 2. The Morgan fingerprint density at radius 2 is 1.95 bits per heavy atom. The second-order valence-electron chi connectivity index (χ2n) is 5.36. The van der Waals surface area contributed by atoms with Gasteiger partial charge in [0.1, 0.15) is 12.4 Å². The van der Waals surface area contributed by atoms with Crippen LogP contribution in [0.1, 0.15) is 64.6 Å². The maximum Gasteiger partial charge on any atom is 0.303 e. The first kappa shape index (κ1) is 16.7. The molecule has 0 saturated heterocycles. The molecule has 0 unspecified atom stereocenters. The summed E-state index contributed by atoms with van der Waals surface area (Å²) in [6.07, 6.45) is 12.7. The number of carboxylic acid groups (broad SMARTS) is 1. The minimum atomic E-state index is -0.707. The number of nitrogens with zero attached hydrogens (tertiary/aromatic N) is 2. The predicted molar refractivity (Wildman–Crippen MR) is 79.6 cm³/mol. The van der Waals surface area contributed by atoms with E-state index in [1.807, 2.05) is 0 Å². The summed E-state index contributed by atoms with van der Waals surface area (Å²) in [4.78, 5) is 10.6. The topological polar surface area (TPSA) is 46.1 Å². The van der Waals surface area contributed by atoms with E-state index in [1.165, 1.54) is 37.9 Å². The molecule has 114 valence electrons. The molecule has 0 fully saturated rings. The number of aliphatic carboxylic acids is 1. The van der Waals surface area contributed by atoms with Crippen LogP contribution in [0.4, 0.5) is 0 Å². The molecule has 1 aromatic rings. The van der Waals surface area contributed by atoms with Gasteiger partial charge in [0.2, 0.25) is 0 Å². The van der Waals surface area contributed by atoms with E-state index in [0.717, 1.165) is 19.5 Å². The largest absolute Gasteiger partial charge is 0.481 e. The lowest BCUT2D eigenvalue weighted by Gasteiger charge is -2.04. The van der Waals surface area contributed by atoms with Gasteiger partial charge in [0.15, 0.2) is 0 Å². The molecular formula is C16H29N2O2+. The predicted octanol–water partition coefficient (Wildman–Crippen LogP) is 3.17. The Hall–Kier alpha value is -1.32. The van der Waals surface area contributed by atoms with Gasteiger partial charge in [-0.05, 0) is 19.8 Å². The van der Waals surface area contributed by atoms with Crippen molar-refractivity contribution in [3.8, 4) is 0 Å². The van der Waals surface area contributed by atoms with Crippen LogP contribution in [-0.4, -0.2) is 15.6 Å². The van der Waals surface area contributed by atoms with Crippen LogP contribution in [0.2, 0.25) is 0 Å². The SMILES string of the molecule is CCCCCCCc1n(CC)cc[n+]1CCCC(=O)O. The monoisotopic (exact) mass is 281 g/mol. The highest BCUT2D eigenvalue weighted by molar-refractivity contribution is 5.66. The van der Waals surface area contributed by atoms with E-state index in [4.69, 9.17) is 5.11 Å². The lowest BCUT2D eigenvalue weighted by atomic mass is 10.1. The quantitative estimate of drug-likeness (QED) is 0.500. The van der Waals surface area contributed by atoms with Crippen LogP contribution in [0.25, 0.3) is 0 Å². The van der Waals surface area contributed by atoms with Crippen LogP contribution >= 0.6 is 0 Å². The molecule has 0 amide bonds. The van der Waals surface area contributed by atoms with E-state index in [2.05, 4.69) is 35.4 Å². The summed E-state index contributed by atoms with van der Waals surface area (Å²) in [6, 6.07) is 0. The van der Waals surface area contributed by atoms with Crippen molar-refractivity contribution in [2.75, 3.05) is 0 Å². The molecule has 4 heteroatoms. The van der Waals surface area contributed by atoms with Crippen molar-refractivity contribution in [2.24, 2.45) is 0 Å². The van der Waals surface area contributed by atoms with Crippen LogP contribution in [-0.2, 0) is 24.3 Å². The van der Waals surface area contributed by atoms with E-state index >= 15 is 0 Å². The van der Waals surface area contributed by atoms with Gasteiger partial charge in [-0.15, -0.1) is 0 Å². The molecule has 0 radical (unpaired) electrons. The first-order chi connectivity index (χ1) is 9.69. The van der Waals surface area contributed by atoms with Crippen molar-refractivity contribution >= 4 is 5.97 Å². The van der Waals surface area contributed by atoms with Gasteiger partial charge in [0.05, 0.1) is 13.1 Å². The average Bonchev–Trinajstić information content (AvgIpc) is 2.80. The third-order valence-electron chi connectivity index (χ3n) is 3.72. The molecule has 1 heterocycles. The summed E-state index contributed by atoms with van der Waals surface area (Å²) in [7, 11) is 0. The van der Waals surface area contributed by atoms with Gasteiger partial charge < -0.3 is 5.11 Å². The van der Waals surface area contributed by atoms with E-state index in [-0.39, 0.29) is 6.42 Å². The second-order valence-corrected chi connectivity index (χ2v) is 5.36. The van der Waals surface area contributed by atoms with Crippen LogP contribution in [0.15, 0.2) is 12.4 Å². The van der Waals surface area contributed by atoms with Crippen molar-refractivity contribution < 1.29 is 14.5 Å². The Balaban J connectivity index is 2.48. The zero-order valence-corrected chi connectivity index (χ0v) is 13.0. The molecule has 0 spiro atoms. The molecule has 1 rings (SSSR count). The molecule has 0 bridgehead atoms. The normalized spacial score (nSPS) is 10.9. The second kappa shape index (κ2) is 9.56. The third kappa shape index (κ3) is 5.76. The molecular weight excluding hydrogens is 252 g/mol. The molecule has 4 nitrogen and oxygen atoms in total. The molecule has 20 heavy (non-hydrogen) atoms. The Bertz CT molecular complexity index is 399. The van der Waals surface area contributed by atoms with Gasteiger partial charge in [-0.2, -0.15) is 0 Å². The fraction of sp³-hybridized carbons (Fsp3) is 0.750. The van der Waals surface area contributed by atoms with Gasteiger partial charge in [-0.25, -0.2) is 9.13 Å². The highest BCUT2D eigenvalue weighted by Gasteiger charge is 2.15. The van der Waals surface area contributed by atoms with E-state index in [0.29, 0.717) is 6.42 Å². The van der Waals surface area contributed by atoms with Crippen molar-refractivity contribution in [1.29, 1.82) is 0 Å². The lowest BCUT2D eigenvalue weighted by Crippen LogP contribution is -2.37. The van der Waals surface area contributed by atoms with Crippen molar-refractivity contribution in [3.63, 3.8) is 0 Å². The van der Waals surface area contributed by atoms with Crippen molar-refractivity contribution in [1.82, 2.24) is 4.57 Å². The maximum atomic E-state index is 10.6. The molecule has 0 aliphatic carbocycles. The minimum absolute atomic E-state index is 0.250. The summed E-state index contributed by atoms with van der Waals surface area (Å²) in [5, 5.41) is 8.72. The van der Waals surface area contributed by atoms with Crippen LogP contribution in [0, 0.1) is 0 Å². The van der Waals surface area contributed by atoms with Gasteiger partial charge in [-0.3, -0.25) is 4.79 Å². The zero-order chi connectivity index (χ0) is 14.8.